The Morgan fingerprint density at radius 2 is 1.78 bits per heavy atom. The summed E-state index contributed by atoms with van der Waals surface area (Å²) in [7, 11) is 3.65. The first kappa shape index (κ1) is 22.5. The number of aliphatic imine (C=N–C) groups is 1. The molecule has 0 radical (unpaired) electrons. The van der Waals surface area contributed by atoms with Gasteiger partial charge in [-0.2, -0.15) is 0 Å². The van der Waals surface area contributed by atoms with Gasteiger partial charge in [0.25, 0.3) is 0 Å². The summed E-state index contributed by atoms with van der Waals surface area (Å²) in [4.78, 5) is 9.45. The van der Waals surface area contributed by atoms with Gasteiger partial charge in [0.2, 0.25) is 0 Å². The van der Waals surface area contributed by atoms with Gasteiger partial charge in [0.15, 0.2) is 5.96 Å². The van der Waals surface area contributed by atoms with Crippen molar-refractivity contribution < 1.29 is 9.47 Å². The Hall–Kier alpha value is -2.73. The second-order valence-electron chi connectivity index (χ2n) is 8.81. The Kier molecular flexibility index (Phi) is 7.20. The number of para-hydroxylation sites is 1. The molecule has 0 unspecified atom stereocenters. The molecule has 6 nitrogen and oxygen atoms in total. The number of hydrogen-bond donors (Lipinski definition) is 1. The molecule has 4 rings (SSSR count). The summed E-state index contributed by atoms with van der Waals surface area (Å²) in [6.45, 7) is 8.41. The van der Waals surface area contributed by atoms with Crippen molar-refractivity contribution in [3.8, 4) is 5.75 Å². The Bertz CT molecular complexity index is 901. The molecule has 2 aromatic carbocycles. The number of guanidine groups is 1. The van der Waals surface area contributed by atoms with Crippen LogP contribution in [-0.2, 0) is 10.2 Å². The standard InChI is InChI=1S/C26H36N4O2/c1-21-9-10-24(31-3)23(19-21)26(11-17-32-18-12-26)20-28-25(27-2)30-15-13-29(14-16-30)22-7-5-4-6-8-22/h4-10,19H,11-18,20H2,1-3H3,(H,27,28). The Balaban J connectivity index is 1.45. The molecule has 2 saturated heterocycles. The number of rotatable bonds is 5. The minimum absolute atomic E-state index is 0.0303. The highest BCUT2D eigenvalue weighted by Crippen LogP contribution is 2.40. The highest BCUT2D eigenvalue weighted by Gasteiger charge is 2.37. The summed E-state index contributed by atoms with van der Waals surface area (Å²) in [5.74, 6) is 1.95. The van der Waals surface area contributed by atoms with Gasteiger partial charge in [-0.1, -0.05) is 35.9 Å². The van der Waals surface area contributed by atoms with Crippen molar-refractivity contribution in [1.29, 1.82) is 0 Å². The molecule has 0 atom stereocenters. The molecular weight excluding hydrogens is 400 g/mol. The van der Waals surface area contributed by atoms with Gasteiger partial charge < -0.3 is 24.6 Å². The van der Waals surface area contributed by atoms with Crippen LogP contribution in [0.4, 0.5) is 5.69 Å². The van der Waals surface area contributed by atoms with Crippen LogP contribution < -0.4 is 15.0 Å². The lowest BCUT2D eigenvalue weighted by Crippen LogP contribution is -2.55. The third kappa shape index (κ3) is 4.85. The molecule has 0 bridgehead atoms. The van der Waals surface area contributed by atoms with Crippen LogP contribution in [0.15, 0.2) is 53.5 Å². The highest BCUT2D eigenvalue weighted by molar-refractivity contribution is 5.80. The van der Waals surface area contributed by atoms with Gasteiger partial charge in [0.1, 0.15) is 5.75 Å². The minimum Gasteiger partial charge on any atom is -0.496 e. The number of aryl methyl sites for hydroxylation is 1. The summed E-state index contributed by atoms with van der Waals surface area (Å²) in [5.41, 5.74) is 3.80. The molecule has 2 fully saturated rings. The Labute approximate surface area is 192 Å². The number of nitrogens with one attached hydrogen (secondary N) is 1. The summed E-state index contributed by atoms with van der Waals surface area (Å²) in [6.07, 6.45) is 1.94. The van der Waals surface area contributed by atoms with E-state index in [9.17, 15) is 0 Å². The first-order valence-corrected chi connectivity index (χ1v) is 11.6. The topological polar surface area (TPSA) is 49.3 Å². The van der Waals surface area contributed by atoms with Crippen LogP contribution in [0.25, 0.3) is 0 Å². The number of benzene rings is 2. The molecule has 0 saturated carbocycles. The van der Waals surface area contributed by atoms with Crippen LogP contribution in [0.5, 0.6) is 5.75 Å². The molecule has 2 heterocycles. The second-order valence-corrected chi connectivity index (χ2v) is 8.81. The molecule has 2 aliphatic rings. The van der Waals surface area contributed by atoms with Crippen molar-refractivity contribution >= 4 is 11.6 Å². The maximum Gasteiger partial charge on any atom is 0.193 e. The number of piperazine rings is 1. The SMILES string of the molecule is CN=C(NCC1(c2cc(C)ccc2OC)CCOCC1)N1CCN(c2ccccc2)CC1. The summed E-state index contributed by atoms with van der Waals surface area (Å²) < 4.78 is 11.5. The number of methoxy groups -OCH3 is 1. The van der Waals surface area contributed by atoms with E-state index in [0.29, 0.717) is 0 Å². The zero-order valence-electron chi connectivity index (χ0n) is 19.6. The van der Waals surface area contributed by atoms with Crippen LogP contribution in [-0.4, -0.2) is 71.0 Å². The number of anilines is 1. The van der Waals surface area contributed by atoms with Gasteiger partial charge in [-0.3, -0.25) is 4.99 Å². The summed E-state index contributed by atoms with van der Waals surface area (Å²) >= 11 is 0. The van der Waals surface area contributed by atoms with Gasteiger partial charge in [0, 0.05) is 69.7 Å². The molecule has 0 amide bonds. The lowest BCUT2D eigenvalue weighted by molar-refractivity contribution is 0.0503. The van der Waals surface area contributed by atoms with E-state index < -0.39 is 0 Å². The maximum absolute atomic E-state index is 5.77. The van der Waals surface area contributed by atoms with Crippen molar-refractivity contribution in [2.45, 2.75) is 25.2 Å². The Morgan fingerprint density at radius 1 is 1.06 bits per heavy atom. The van der Waals surface area contributed by atoms with Crippen molar-refractivity contribution in [2.24, 2.45) is 4.99 Å². The van der Waals surface area contributed by atoms with E-state index in [4.69, 9.17) is 9.47 Å². The first-order chi connectivity index (χ1) is 15.6. The average Bonchev–Trinajstić information content (AvgIpc) is 2.86. The molecule has 2 aliphatic heterocycles. The highest BCUT2D eigenvalue weighted by atomic mass is 16.5. The van der Waals surface area contributed by atoms with E-state index in [0.717, 1.165) is 70.5 Å². The average molecular weight is 437 g/mol. The van der Waals surface area contributed by atoms with Crippen molar-refractivity contribution in [2.75, 3.05) is 65.0 Å². The minimum atomic E-state index is -0.0303. The monoisotopic (exact) mass is 436 g/mol. The van der Waals surface area contributed by atoms with Crippen LogP contribution in [0, 0.1) is 6.92 Å². The van der Waals surface area contributed by atoms with Gasteiger partial charge in [-0.15, -0.1) is 0 Å². The molecule has 172 valence electrons. The quantitative estimate of drug-likeness (QED) is 0.575. The fraction of sp³-hybridized carbons (Fsp3) is 0.500. The third-order valence-corrected chi connectivity index (χ3v) is 6.87. The Morgan fingerprint density at radius 3 is 2.44 bits per heavy atom. The summed E-state index contributed by atoms with van der Waals surface area (Å²) in [6, 6.07) is 17.2. The number of hydrogen-bond acceptors (Lipinski definition) is 4. The molecule has 1 N–H and O–H groups in total. The first-order valence-electron chi connectivity index (χ1n) is 11.6. The molecule has 2 aromatic rings. The van der Waals surface area contributed by atoms with Crippen LogP contribution in [0.2, 0.25) is 0 Å². The third-order valence-electron chi connectivity index (χ3n) is 6.87. The largest absolute Gasteiger partial charge is 0.496 e. The fourth-order valence-electron chi connectivity index (χ4n) is 4.94. The number of ether oxygens (including phenoxy) is 2. The van der Waals surface area contributed by atoms with Crippen molar-refractivity contribution in [1.82, 2.24) is 10.2 Å². The van der Waals surface area contributed by atoms with Gasteiger partial charge in [-0.25, -0.2) is 0 Å². The zero-order chi connectivity index (χ0) is 22.4. The maximum atomic E-state index is 5.77. The molecule has 32 heavy (non-hydrogen) atoms. The predicted octanol–water partition coefficient (Wildman–Crippen LogP) is 3.45. The fourth-order valence-corrected chi connectivity index (χ4v) is 4.94. The van der Waals surface area contributed by atoms with Gasteiger partial charge >= 0.3 is 0 Å². The van der Waals surface area contributed by atoms with E-state index in [2.05, 4.69) is 75.6 Å². The van der Waals surface area contributed by atoms with Crippen molar-refractivity contribution in [3.05, 3.63) is 59.7 Å². The van der Waals surface area contributed by atoms with Crippen LogP contribution in [0.3, 0.4) is 0 Å². The smallest absolute Gasteiger partial charge is 0.193 e. The van der Waals surface area contributed by atoms with Crippen molar-refractivity contribution in [3.63, 3.8) is 0 Å². The number of nitrogens with zero attached hydrogens (tertiary/aromatic N) is 3. The van der Waals surface area contributed by atoms with E-state index in [1.165, 1.54) is 16.8 Å². The second kappa shape index (κ2) is 10.3. The normalized spacial score (nSPS) is 19.0. The predicted molar refractivity (Wildman–Crippen MR) is 131 cm³/mol. The van der Waals surface area contributed by atoms with E-state index >= 15 is 0 Å². The van der Waals surface area contributed by atoms with Gasteiger partial charge in [-0.05, 0) is 38.0 Å². The molecule has 0 aromatic heterocycles. The molecular formula is C26H36N4O2. The lowest BCUT2D eigenvalue weighted by atomic mass is 9.73. The van der Waals surface area contributed by atoms with Crippen LogP contribution in [0.1, 0.15) is 24.0 Å². The van der Waals surface area contributed by atoms with Gasteiger partial charge in [0.05, 0.1) is 7.11 Å². The van der Waals surface area contributed by atoms with Crippen LogP contribution >= 0.6 is 0 Å². The molecule has 6 heteroatoms. The van der Waals surface area contributed by atoms with E-state index in [1.807, 2.05) is 7.05 Å². The zero-order valence-corrected chi connectivity index (χ0v) is 19.6. The summed E-state index contributed by atoms with van der Waals surface area (Å²) in [5, 5.41) is 3.72. The molecule has 0 aliphatic carbocycles. The molecule has 0 spiro atoms. The van der Waals surface area contributed by atoms with E-state index in [1.54, 1.807) is 7.11 Å². The lowest BCUT2D eigenvalue weighted by Gasteiger charge is -2.41. The van der Waals surface area contributed by atoms with E-state index in [-0.39, 0.29) is 5.41 Å².